The van der Waals surface area contributed by atoms with Gasteiger partial charge in [0.15, 0.2) is 5.78 Å². The predicted molar refractivity (Wildman–Crippen MR) is 269 cm³/mol. The molecule has 7 unspecified atom stereocenters. The van der Waals surface area contributed by atoms with Gasteiger partial charge in [-0.05, 0) is 127 Å². The van der Waals surface area contributed by atoms with E-state index in [0.717, 1.165) is 18.9 Å². The van der Waals surface area contributed by atoms with Gasteiger partial charge in [-0.15, -0.1) is 0 Å². The molecule has 15 atom stereocenters. The van der Waals surface area contributed by atoms with Crippen molar-refractivity contribution in [3.63, 3.8) is 0 Å². The van der Waals surface area contributed by atoms with Crippen molar-refractivity contribution in [2.45, 2.75) is 191 Å². The standard InChI is InChI=1S/C54H83N3O14S/c1-33-16-12-11-13-17-35(3)44(56(8)72(65,66)42-31-55-69-32-42)30-41-22-20-39(7)54(64,71-41)51(61)52(62)57-25-15-14-18-43(57)53(63)70-46(36(4)28-40-21-23-45(58)47(29-40)67-9)24-19-34(2)27-38(6)49(60)50(68-10)48(59)37(5)26-33/h11-13,16-17,27,31-34,36-37,39-41,43-47,49-50,58,60,64H,14-15,18-26,28-30H2,1-10H3/b13-11+,16-12+,35-17+,38-27+/t33-,34+,36-,37?,39?,40?,41+,43?,44-,45-,46+,47?,49?,50+,54?/m1/s1. The number of methoxy groups -OCH3 is 2. The van der Waals surface area contributed by atoms with Crippen molar-refractivity contribution in [1.29, 1.82) is 0 Å². The van der Waals surface area contributed by atoms with Gasteiger partial charge in [-0.3, -0.25) is 14.4 Å². The minimum atomic E-state index is -4.16. The van der Waals surface area contributed by atoms with E-state index in [0.29, 0.717) is 68.9 Å². The Morgan fingerprint density at radius 3 is 2.31 bits per heavy atom. The van der Waals surface area contributed by atoms with Crippen LogP contribution >= 0.6 is 0 Å². The zero-order valence-electron chi connectivity index (χ0n) is 44.2. The maximum Gasteiger partial charge on any atom is 0.329 e. The summed E-state index contributed by atoms with van der Waals surface area (Å²) in [6.45, 7) is 13.1. The molecule has 3 fully saturated rings. The lowest BCUT2D eigenvalue weighted by Crippen LogP contribution is -2.61. The number of esters is 1. The molecule has 72 heavy (non-hydrogen) atoms. The molecule has 3 N–H and O–H groups in total. The number of rotatable bonds is 8. The molecule has 1 aromatic heterocycles. The molecule has 1 saturated carbocycles. The summed E-state index contributed by atoms with van der Waals surface area (Å²) in [4.78, 5) is 58.3. The Labute approximate surface area is 427 Å². The fourth-order valence-corrected chi connectivity index (χ4v) is 12.4. The smallest absolute Gasteiger partial charge is 0.329 e. The van der Waals surface area contributed by atoms with Gasteiger partial charge >= 0.3 is 5.97 Å². The molecule has 3 aliphatic heterocycles. The van der Waals surface area contributed by atoms with E-state index in [1.54, 1.807) is 46.1 Å². The molecule has 5 rings (SSSR count). The zero-order chi connectivity index (χ0) is 53.1. The maximum absolute atomic E-state index is 14.5. The van der Waals surface area contributed by atoms with Crippen molar-refractivity contribution in [2.75, 3.05) is 27.8 Å². The molecule has 0 spiro atoms. The molecule has 17 nitrogen and oxygen atoms in total. The third kappa shape index (κ3) is 14.7. The van der Waals surface area contributed by atoms with Gasteiger partial charge in [0, 0.05) is 45.7 Å². The lowest BCUT2D eigenvalue weighted by atomic mass is 9.78. The molecule has 18 heteroatoms. The number of hydrogen-bond acceptors (Lipinski definition) is 15. The molecule has 4 aliphatic rings. The van der Waals surface area contributed by atoms with Crippen LogP contribution in [0.5, 0.6) is 0 Å². The monoisotopic (exact) mass is 1030 g/mol. The highest BCUT2D eigenvalue weighted by Crippen LogP contribution is 2.39. The van der Waals surface area contributed by atoms with Crippen LogP contribution in [0, 0.1) is 35.5 Å². The van der Waals surface area contributed by atoms with E-state index >= 15 is 0 Å². The molecule has 1 amide bonds. The van der Waals surface area contributed by atoms with Crippen LogP contribution in [-0.2, 0) is 48.1 Å². The lowest BCUT2D eigenvalue weighted by Gasteiger charge is -2.43. The second kappa shape index (κ2) is 26.6. The van der Waals surface area contributed by atoms with Crippen molar-refractivity contribution in [2.24, 2.45) is 35.5 Å². The molecule has 0 radical (unpaired) electrons. The number of hydrogen-bond donors (Lipinski definition) is 3. The number of fused-ring (bicyclic) bond motifs is 3. The Hall–Kier alpha value is -3.88. The molecule has 4 heterocycles. The highest BCUT2D eigenvalue weighted by molar-refractivity contribution is 7.89. The van der Waals surface area contributed by atoms with Crippen LogP contribution in [0.2, 0.25) is 0 Å². The fourth-order valence-electron chi connectivity index (χ4n) is 11.1. The average Bonchev–Trinajstić information content (AvgIpc) is 3.91. The summed E-state index contributed by atoms with van der Waals surface area (Å²) in [6.07, 6.45) is 14.6. The highest BCUT2D eigenvalue weighted by atomic mass is 32.2. The van der Waals surface area contributed by atoms with Gasteiger partial charge in [0.25, 0.3) is 11.7 Å². The Kier molecular flexibility index (Phi) is 21.8. The third-order valence-corrected chi connectivity index (χ3v) is 17.6. The highest BCUT2D eigenvalue weighted by Gasteiger charge is 2.53. The van der Waals surface area contributed by atoms with Crippen LogP contribution in [-0.4, -0.2) is 144 Å². The Bertz CT molecular complexity index is 2210. The van der Waals surface area contributed by atoms with Gasteiger partial charge < -0.3 is 43.7 Å². The number of ketones is 2. The minimum Gasteiger partial charge on any atom is -0.461 e. The number of carbonyl (C=O) groups excluding carboxylic acids is 4. The summed E-state index contributed by atoms with van der Waals surface area (Å²) in [7, 11) is 0.256. The van der Waals surface area contributed by atoms with Crippen LogP contribution in [0.1, 0.15) is 132 Å². The number of aliphatic hydroxyl groups excluding tert-OH is 2. The van der Waals surface area contributed by atoms with E-state index in [2.05, 4.69) is 5.16 Å². The molecule has 2 bridgehead atoms. The number of aliphatic hydroxyl groups is 3. The molecule has 1 aromatic rings. The van der Waals surface area contributed by atoms with Gasteiger partial charge in [0.2, 0.25) is 15.8 Å². The molecular weight excluding hydrogens is 947 g/mol. The van der Waals surface area contributed by atoms with E-state index in [1.165, 1.54) is 23.4 Å². The zero-order valence-corrected chi connectivity index (χ0v) is 45.0. The van der Waals surface area contributed by atoms with Crippen LogP contribution in [0.25, 0.3) is 0 Å². The summed E-state index contributed by atoms with van der Waals surface area (Å²) in [5, 5.41) is 37.9. The number of likely N-dealkylation sites (N-methyl/N-ethyl adjacent to an activating group) is 1. The first kappa shape index (κ1) is 59.0. The predicted octanol–water partition coefficient (Wildman–Crippen LogP) is 6.66. The summed E-state index contributed by atoms with van der Waals surface area (Å²) in [6, 6.07) is -1.97. The van der Waals surface area contributed by atoms with Gasteiger partial charge in [0.05, 0.1) is 24.5 Å². The van der Waals surface area contributed by atoms with Gasteiger partial charge in [0.1, 0.15) is 35.5 Å². The number of nitrogens with zero attached hydrogens (tertiary/aromatic N) is 3. The Morgan fingerprint density at radius 2 is 1.62 bits per heavy atom. The first-order valence-corrected chi connectivity index (χ1v) is 27.5. The third-order valence-electron chi connectivity index (χ3n) is 15.8. The summed E-state index contributed by atoms with van der Waals surface area (Å²) in [5.74, 6) is -7.10. The molecular formula is C54H83N3O14S. The number of aromatic nitrogens is 1. The minimum absolute atomic E-state index is 0.00308. The topological polar surface area (TPSA) is 233 Å². The van der Waals surface area contributed by atoms with Crippen LogP contribution in [0.4, 0.5) is 0 Å². The second-order valence-electron chi connectivity index (χ2n) is 21.4. The SMILES string of the molecule is COC1CC(C[C@@H](C)[C@@H]2CC[C@H](C)/C=C(\C)C(O)[C@@H](OC)C(=O)C(C)C[C@H](C)/C=C/C=C/C=C(\C)[C@H](N(C)S(=O)(=O)c3cnoc3)C[C@@H]3CCC(C)C(O)(O3)C(=O)C(=O)N3CCCCC3C(=O)O2)CC[C@H]1O. The van der Waals surface area contributed by atoms with Crippen molar-refractivity contribution in [3.8, 4) is 0 Å². The fraction of sp³-hybridized carbons (Fsp3) is 0.722. The average molecular weight is 1030 g/mol. The molecule has 404 valence electrons. The number of Topliss-reactive ketones (excluding diaryl/α,β-unsaturated/α-hetero) is 2. The maximum atomic E-state index is 14.5. The van der Waals surface area contributed by atoms with Crippen molar-refractivity contribution in [1.82, 2.24) is 14.4 Å². The number of sulfonamides is 1. The number of allylic oxidation sites excluding steroid dienone is 6. The lowest BCUT2D eigenvalue weighted by molar-refractivity contribution is -0.264. The Balaban J connectivity index is 1.51. The van der Waals surface area contributed by atoms with Crippen molar-refractivity contribution in [3.05, 3.63) is 60.1 Å². The van der Waals surface area contributed by atoms with Crippen molar-refractivity contribution < 1.29 is 66.4 Å². The largest absolute Gasteiger partial charge is 0.461 e. The van der Waals surface area contributed by atoms with Crippen LogP contribution in [0.3, 0.4) is 0 Å². The van der Waals surface area contributed by atoms with E-state index in [-0.39, 0.29) is 66.3 Å². The van der Waals surface area contributed by atoms with Gasteiger partial charge in [-0.25, -0.2) is 13.2 Å². The van der Waals surface area contributed by atoms with E-state index < -0.39 is 87.9 Å². The first-order chi connectivity index (χ1) is 34.0. The van der Waals surface area contributed by atoms with Gasteiger partial charge in [-0.1, -0.05) is 81.8 Å². The number of piperidine rings is 1. The van der Waals surface area contributed by atoms with E-state index in [9.17, 15) is 42.9 Å². The first-order valence-electron chi connectivity index (χ1n) is 26.0. The van der Waals surface area contributed by atoms with Crippen molar-refractivity contribution >= 4 is 33.5 Å². The molecule has 1 aliphatic carbocycles. The quantitative estimate of drug-likeness (QED) is 0.140. The number of carbonyl (C=O) groups is 4. The van der Waals surface area contributed by atoms with E-state index in [1.807, 2.05) is 45.9 Å². The van der Waals surface area contributed by atoms with Crippen LogP contribution in [0.15, 0.2) is 69.5 Å². The van der Waals surface area contributed by atoms with Crippen LogP contribution < -0.4 is 0 Å². The summed E-state index contributed by atoms with van der Waals surface area (Å²) in [5.41, 5.74) is 1.18. The molecule has 0 aromatic carbocycles. The number of ether oxygens (including phenoxy) is 4. The second-order valence-corrected chi connectivity index (χ2v) is 23.4. The Morgan fingerprint density at radius 1 is 0.889 bits per heavy atom. The number of amides is 1. The summed E-state index contributed by atoms with van der Waals surface area (Å²) >= 11 is 0. The van der Waals surface area contributed by atoms with E-state index in [4.69, 9.17) is 23.5 Å². The number of cyclic esters (lactones) is 1. The van der Waals surface area contributed by atoms with Gasteiger partial charge in [-0.2, -0.15) is 4.31 Å². The molecule has 2 saturated heterocycles. The summed E-state index contributed by atoms with van der Waals surface area (Å²) < 4.78 is 57.8. The normalized spacial score (nSPS) is 37.9.